The first kappa shape index (κ1) is 18.5. The molecule has 8 atom stereocenters. The molecule has 0 aromatic carbocycles. The van der Waals surface area contributed by atoms with Crippen LogP contribution in [0.5, 0.6) is 0 Å². The number of hydrogen-bond donors (Lipinski definition) is 1. The molecule has 4 aliphatic carbocycles. The Morgan fingerprint density at radius 2 is 1.92 bits per heavy atom. The average Bonchev–Trinajstić information content (AvgIpc) is 2.92. The number of ether oxygens (including phenoxy) is 1. The Morgan fingerprint density at radius 1 is 1.15 bits per heavy atom. The zero-order valence-corrected chi connectivity index (χ0v) is 17.0. The lowest BCUT2D eigenvalue weighted by Crippen LogP contribution is -2.51. The number of rotatable bonds is 2. The van der Waals surface area contributed by atoms with Gasteiger partial charge < -0.3 is 9.84 Å². The van der Waals surface area contributed by atoms with E-state index in [4.69, 9.17) is 4.74 Å². The van der Waals surface area contributed by atoms with E-state index in [1.54, 1.807) is 5.57 Å². The summed E-state index contributed by atoms with van der Waals surface area (Å²) in [5, 5.41) is 10.1. The van der Waals surface area contributed by atoms with Crippen LogP contribution in [0.4, 0.5) is 0 Å². The summed E-state index contributed by atoms with van der Waals surface area (Å²) < 4.78 is 5.63. The first-order valence-electron chi connectivity index (χ1n) is 10.8. The number of aliphatic hydroxyl groups is 1. The quantitative estimate of drug-likeness (QED) is 0.564. The Bertz CT molecular complexity index is 611. The molecular weight excluding hydrogens is 324 g/mol. The van der Waals surface area contributed by atoms with E-state index in [9.17, 15) is 9.90 Å². The van der Waals surface area contributed by atoms with Crippen LogP contribution in [0.1, 0.15) is 79.1 Å². The minimum absolute atomic E-state index is 0.0403. The lowest BCUT2D eigenvalue weighted by Gasteiger charge is -2.58. The number of allylic oxidation sites excluding steroid dienone is 1. The van der Waals surface area contributed by atoms with Crippen molar-refractivity contribution < 1.29 is 14.6 Å². The molecule has 0 aromatic heterocycles. The van der Waals surface area contributed by atoms with E-state index >= 15 is 0 Å². The second kappa shape index (κ2) is 6.36. The zero-order valence-electron chi connectivity index (χ0n) is 17.0. The molecule has 3 fully saturated rings. The van der Waals surface area contributed by atoms with Gasteiger partial charge in [0, 0.05) is 12.8 Å². The number of esters is 1. The molecule has 26 heavy (non-hydrogen) atoms. The Morgan fingerprint density at radius 3 is 2.65 bits per heavy atom. The molecule has 3 saturated carbocycles. The minimum Gasteiger partial charge on any atom is -0.463 e. The lowest BCUT2D eigenvalue weighted by molar-refractivity contribution is -0.152. The van der Waals surface area contributed by atoms with Crippen LogP contribution >= 0.6 is 0 Å². The van der Waals surface area contributed by atoms with E-state index in [2.05, 4.69) is 26.8 Å². The van der Waals surface area contributed by atoms with Crippen LogP contribution in [-0.2, 0) is 9.53 Å². The van der Waals surface area contributed by atoms with E-state index in [0.29, 0.717) is 16.7 Å². The number of aliphatic hydroxyl groups excluding tert-OH is 1. The minimum atomic E-state index is -0.219. The summed E-state index contributed by atoms with van der Waals surface area (Å²) in [6, 6.07) is 0. The number of carbonyl (C=O) groups is 1. The van der Waals surface area contributed by atoms with Crippen LogP contribution in [0.3, 0.4) is 0 Å². The maximum absolute atomic E-state index is 11.5. The van der Waals surface area contributed by atoms with Crippen LogP contribution in [-0.4, -0.2) is 23.3 Å². The first-order chi connectivity index (χ1) is 12.3. The third-order valence-corrected chi connectivity index (χ3v) is 9.08. The van der Waals surface area contributed by atoms with Gasteiger partial charge in [0.25, 0.3) is 0 Å². The lowest BCUT2D eigenvalue weighted by atomic mass is 9.46. The van der Waals surface area contributed by atoms with Crippen LogP contribution in [0.25, 0.3) is 0 Å². The van der Waals surface area contributed by atoms with Gasteiger partial charge in [0.2, 0.25) is 0 Å². The Balaban J connectivity index is 1.58. The van der Waals surface area contributed by atoms with E-state index in [1.165, 1.54) is 45.4 Å². The topological polar surface area (TPSA) is 46.5 Å². The molecule has 0 aromatic rings. The molecule has 0 radical (unpaired) electrons. The van der Waals surface area contributed by atoms with Gasteiger partial charge in [0.15, 0.2) is 0 Å². The fourth-order valence-corrected chi connectivity index (χ4v) is 7.87. The molecule has 0 heterocycles. The van der Waals surface area contributed by atoms with Crippen molar-refractivity contribution in [3.05, 3.63) is 11.6 Å². The number of hydrogen-bond acceptors (Lipinski definition) is 3. The normalized spacial score (nSPS) is 48.7. The van der Waals surface area contributed by atoms with Crippen molar-refractivity contribution in [3.8, 4) is 0 Å². The van der Waals surface area contributed by atoms with E-state index in [0.717, 1.165) is 30.6 Å². The van der Waals surface area contributed by atoms with Gasteiger partial charge in [-0.3, -0.25) is 4.79 Å². The van der Waals surface area contributed by atoms with Crippen molar-refractivity contribution in [1.29, 1.82) is 0 Å². The highest BCUT2D eigenvalue weighted by Gasteiger charge is 2.59. The molecule has 0 bridgehead atoms. The molecule has 146 valence electrons. The van der Waals surface area contributed by atoms with Gasteiger partial charge in [-0.15, -0.1) is 0 Å². The summed E-state index contributed by atoms with van der Waals surface area (Å²) in [6.45, 7) is 8.62. The summed E-state index contributed by atoms with van der Waals surface area (Å²) in [6.07, 6.45) is 11.6. The number of fused-ring (bicyclic) bond motifs is 5. The Hall–Kier alpha value is -0.830. The fourth-order valence-electron chi connectivity index (χ4n) is 7.87. The molecule has 1 N–H and O–H groups in total. The summed E-state index contributed by atoms with van der Waals surface area (Å²) in [7, 11) is 0. The largest absolute Gasteiger partial charge is 0.463 e. The molecule has 4 aliphatic rings. The predicted molar refractivity (Wildman–Crippen MR) is 102 cm³/mol. The first-order valence-corrected chi connectivity index (χ1v) is 10.8. The Kier molecular flexibility index (Phi) is 4.53. The summed E-state index contributed by atoms with van der Waals surface area (Å²) in [4.78, 5) is 11.5. The molecular formula is C23H36O3. The molecule has 3 heteroatoms. The van der Waals surface area contributed by atoms with Crippen molar-refractivity contribution in [2.75, 3.05) is 0 Å². The maximum Gasteiger partial charge on any atom is 0.302 e. The molecule has 0 aliphatic heterocycles. The van der Waals surface area contributed by atoms with Crippen LogP contribution in [0.15, 0.2) is 11.6 Å². The average molecular weight is 361 g/mol. The van der Waals surface area contributed by atoms with Crippen molar-refractivity contribution in [2.24, 2.45) is 34.5 Å². The van der Waals surface area contributed by atoms with Crippen LogP contribution in [0.2, 0.25) is 0 Å². The van der Waals surface area contributed by atoms with Crippen molar-refractivity contribution in [2.45, 2.75) is 91.3 Å². The predicted octanol–water partition coefficient (Wildman–Crippen LogP) is 4.88. The smallest absolute Gasteiger partial charge is 0.302 e. The van der Waals surface area contributed by atoms with Gasteiger partial charge >= 0.3 is 5.97 Å². The van der Waals surface area contributed by atoms with Gasteiger partial charge in [-0.25, -0.2) is 0 Å². The maximum atomic E-state index is 11.5. The summed E-state index contributed by atoms with van der Waals surface area (Å²) in [5.74, 6) is 2.72. The van der Waals surface area contributed by atoms with Crippen molar-refractivity contribution in [3.63, 3.8) is 0 Å². The van der Waals surface area contributed by atoms with Gasteiger partial charge in [-0.1, -0.05) is 25.5 Å². The molecule has 3 nitrogen and oxygen atoms in total. The zero-order chi connectivity index (χ0) is 18.7. The monoisotopic (exact) mass is 360 g/mol. The second-order valence-electron chi connectivity index (χ2n) is 10.2. The van der Waals surface area contributed by atoms with Crippen LogP contribution in [0, 0.1) is 34.5 Å². The SMILES string of the molecule is CC(=O)OC(C)[C@H]1CC[C@H]2[C@@H]3CCC4=CC(O)CC[C@]4(C)[C@H]3CC[C@]12C. The van der Waals surface area contributed by atoms with Crippen molar-refractivity contribution >= 4 is 5.97 Å². The summed E-state index contributed by atoms with van der Waals surface area (Å²) in [5.41, 5.74) is 2.18. The van der Waals surface area contributed by atoms with E-state index in [-0.39, 0.29) is 18.2 Å². The van der Waals surface area contributed by atoms with Crippen molar-refractivity contribution in [1.82, 2.24) is 0 Å². The van der Waals surface area contributed by atoms with Gasteiger partial charge in [-0.2, -0.15) is 0 Å². The third-order valence-electron chi connectivity index (χ3n) is 9.08. The molecule has 2 unspecified atom stereocenters. The second-order valence-corrected chi connectivity index (χ2v) is 10.2. The summed E-state index contributed by atoms with van der Waals surface area (Å²) >= 11 is 0. The van der Waals surface area contributed by atoms with Gasteiger partial charge in [-0.05, 0) is 86.9 Å². The molecule has 0 spiro atoms. The highest BCUT2D eigenvalue weighted by atomic mass is 16.5. The number of carbonyl (C=O) groups excluding carboxylic acids is 1. The highest BCUT2D eigenvalue weighted by Crippen LogP contribution is 2.67. The van der Waals surface area contributed by atoms with E-state index in [1.807, 2.05) is 0 Å². The van der Waals surface area contributed by atoms with Gasteiger partial charge in [0.1, 0.15) is 6.10 Å². The molecule has 4 rings (SSSR count). The van der Waals surface area contributed by atoms with Crippen LogP contribution < -0.4 is 0 Å². The Labute approximate surface area is 158 Å². The highest BCUT2D eigenvalue weighted by molar-refractivity contribution is 5.66. The standard InChI is InChI=1S/C23H36O3/c1-14(26-15(2)24)19-7-8-20-18-6-5-16-13-17(25)9-11-22(16,3)21(18)10-12-23(19,20)4/h13-14,17-21,25H,5-12H2,1-4H3/t14?,17?,18-,19+,20-,21-,22-,23+/m0/s1. The third kappa shape index (κ3) is 2.68. The fraction of sp³-hybridized carbons (Fsp3) is 0.870. The molecule has 0 amide bonds. The van der Waals surface area contributed by atoms with Gasteiger partial charge in [0.05, 0.1) is 6.10 Å². The van der Waals surface area contributed by atoms with E-state index < -0.39 is 0 Å². The molecule has 0 saturated heterocycles.